The van der Waals surface area contributed by atoms with E-state index < -0.39 is 0 Å². The molecular formula is C18H18BrN3O2. The van der Waals surface area contributed by atoms with Gasteiger partial charge in [0, 0.05) is 11.0 Å². The summed E-state index contributed by atoms with van der Waals surface area (Å²) >= 11 is 3.52. The van der Waals surface area contributed by atoms with E-state index in [2.05, 4.69) is 21.2 Å². The standard InChI is InChI=1S/C18H18BrN3O2/c1-21(10-13-6-2-3-7-14(13)19)12-18(24)22-11-17(23)20-15-8-4-5-9-16(15)22/h2-9H,10-12H2,1H3,(H,20,23). The van der Waals surface area contributed by atoms with Crippen molar-refractivity contribution in [1.82, 2.24) is 4.90 Å². The van der Waals surface area contributed by atoms with Crippen molar-refractivity contribution in [3.05, 3.63) is 58.6 Å². The molecule has 24 heavy (non-hydrogen) atoms. The van der Waals surface area contributed by atoms with E-state index in [0.717, 1.165) is 15.7 Å². The van der Waals surface area contributed by atoms with E-state index in [1.54, 1.807) is 11.0 Å². The van der Waals surface area contributed by atoms with Gasteiger partial charge < -0.3 is 5.32 Å². The minimum Gasteiger partial charge on any atom is -0.323 e. The van der Waals surface area contributed by atoms with Gasteiger partial charge in [0.25, 0.3) is 0 Å². The van der Waals surface area contributed by atoms with Gasteiger partial charge in [0.15, 0.2) is 0 Å². The van der Waals surface area contributed by atoms with Gasteiger partial charge in [-0.2, -0.15) is 0 Å². The number of likely N-dealkylation sites (N-methyl/N-ethyl adjacent to an activating group) is 1. The Kier molecular flexibility index (Phi) is 4.97. The fourth-order valence-corrected chi connectivity index (χ4v) is 3.16. The van der Waals surface area contributed by atoms with Gasteiger partial charge in [-0.25, -0.2) is 0 Å². The normalized spacial score (nSPS) is 13.6. The number of carbonyl (C=O) groups excluding carboxylic acids is 2. The summed E-state index contributed by atoms with van der Waals surface area (Å²) in [6.45, 7) is 0.941. The molecule has 0 spiro atoms. The van der Waals surface area contributed by atoms with Gasteiger partial charge >= 0.3 is 0 Å². The SMILES string of the molecule is CN(CC(=O)N1CC(=O)Nc2ccccc21)Cc1ccccc1Br. The van der Waals surface area contributed by atoms with Gasteiger partial charge in [0.2, 0.25) is 11.8 Å². The van der Waals surface area contributed by atoms with Crippen LogP contribution in [0.3, 0.4) is 0 Å². The van der Waals surface area contributed by atoms with Crippen molar-refractivity contribution in [2.24, 2.45) is 0 Å². The van der Waals surface area contributed by atoms with Crippen LogP contribution in [0.4, 0.5) is 11.4 Å². The highest BCUT2D eigenvalue weighted by molar-refractivity contribution is 9.10. The van der Waals surface area contributed by atoms with Gasteiger partial charge in [-0.3, -0.25) is 19.4 Å². The number of anilines is 2. The Hall–Kier alpha value is -2.18. The highest BCUT2D eigenvalue weighted by Gasteiger charge is 2.27. The Morgan fingerprint density at radius 2 is 1.92 bits per heavy atom. The molecule has 3 rings (SSSR count). The maximum absolute atomic E-state index is 12.7. The molecule has 0 aliphatic carbocycles. The van der Waals surface area contributed by atoms with Gasteiger partial charge in [-0.15, -0.1) is 0 Å². The lowest BCUT2D eigenvalue weighted by atomic mass is 10.2. The number of amides is 2. The number of nitrogens with zero attached hydrogens (tertiary/aromatic N) is 2. The summed E-state index contributed by atoms with van der Waals surface area (Å²) in [5, 5.41) is 2.79. The predicted octanol–water partition coefficient (Wildman–Crippen LogP) is 2.87. The molecular weight excluding hydrogens is 370 g/mol. The first-order valence-electron chi connectivity index (χ1n) is 7.66. The number of para-hydroxylation sites is 2. The zero-order valence-corrected chi connectivity index (χ0v) is 14.9. The van der Waals surface area contributed by atoms with Crippen LogP contribution in [0.1, 0.15) is 5.56 Å². The van der Waals surface area contributed by atoms with Crippen molar-refractivity contribution in [2.45, 2.75) is 6.54 Å². The number of nitrogens with one attached hydrogen (secondary N) is 1. The quantitative estimate of drug-likeness (QED) is 0.877. The summed E-state index contributed by atoms with van der Waals surface area (Å²) in [6, 6.07) is 15.3. The van der Waals surface area contributed by atoms with Crippen LogP contribution in [0.2, 0.25) is 0 Å². The van der Waals surface area contributed by atoms with Crippen molar-refractivity contribution < 1.29 is 9.59 Å². The number of halogens is 1. The fourth-order valence-electron chi connectivity index (χ4n) is 2.75. The fraction of sp³-hybridized carbons (Fsp3) is 0.222. The molecule has 1 aliphatic heterocycles. The van der Waals surface area contributed by atoms with E-state index >= 15 is 0 Å². The Balaban J connectivity index is 1.71. The second kappa shape index (κ2) is 7.15. The molecule has 6 heteroatoms. The van der Waals surface area contributed by atoms with Crippen molar-refractivity contribution >= 4 is 39.1 Å². The highest BCUT2D eigenvalue weighted by atomic mass is 79.9. The maximum atomic E-state index is 12.7. The van der Waals surface area contributed by atoms with Crippen LogP contribution in [0.5, 0.6) is 0 Å². The molecule has 0 aromatic heterocycles. The molecule has 1 N–H and O–H groups in total. The van der Waals surface area contributed by atoms with E-state index in [4.69, 9.17) is 0 Å². The number of fused-ring (bicyclic) bond motifs is 1. The van der Waals surface area contributed by atoms with Crippen LogP contribution in [0, 0.1) is 0 Å². The first-order valence-corrected chi connectivity index (χ1v) is 8.45. The average Bonchev–Trinajstić information content (AvgIpc) is 2.56. The molecule has 0 atom stereocenters. The molecule has 0 fully saturated rings. The zero-order valence-electron chi connectivity index (χ0n) is 13.3. The highest BCUT2D eigenvalue weighted by Crippen LogP contribution is 2.29. The van der Waals surface area contributed by atoms with E-state index in [1.165, 1.54) is 0 Å². The summed E-state index contributed by atoms with van der Waals surface area (Å²) in [4.78, 5) is 28.0. The molecule has 2 aromatic rings. The van der Waals surface area contributed by atoms with Crippen molar-refractivity contribution in [3.8, 4) is 0 Å². The van der Waals surface area contributed by atoms with Crippen LogP contribution in [0.15, 0.2) is 53.0 Å². The number of carbonyl (C=O) groups is 2. The first kappa shape index (κ1) is 16.7. The third-order valence-corrected chi connectivity index (χ3v) is 4.65. The molecule has 5 nitrogen and oxygen atoms in total. The maximum Gasteiger partial charge on any atom is 0.244 e. The number of benzene rings is 2. The lowest BCUT2D eigenvalue weighted by molar-refractivity contribution is -0.122. The molecule has 2 amide bonds. The van der Waals surface area contributed by atoms with Gasteiger partial charge in [0.1, 0.15) is 6.54 Å². The lowest BCUT2D eigenvalue weighted by Crippen LogP contribution is -2.45. The molecule has 1 aliphatic rings. The smallest absolute Gasteiger partial charge is 0.244 e. The van der Waals surface area contributed by atoms with Crippen LogP contribution in [-0.4, -0.2) is 36.9 Å². The topological polar surface area (TPSA) is 52.7 Å². The number of hydrogen-bond acceptors (Lipinski definition) is 3. The minimum absolute atomic E-state index is 0.0543. The molecule has 2 aromatic carbocycles. The monoisotopic (exact) mass is 387 g/mol. The van der Waals surface area contributed by atoms with E-state index in [0.29, 0.717) is 12.2 Å². The number of rotatable bonds is 4. The van der Waals surface area contributed by atoms with Gasteiger partial charge in [-0.1, -0.05) is 46.3 Å². The molecule has 0 saturated heterocycles. The Morgan fingerprint density at radius 3 is 2.71 bits per heavy atom. The molecule has 124 valence electrons. The summed E-state index contributed by atoms with van der Waals surface area (Å²) in [5.41, 5.74) is 2.54. The summed E-state index contributed by atoms with van der Waals surface area (Å²) in [7, 11) is 1.90. The Labute approximate surface area is 149 Å². The third kappa shape index (κ3) is 3.66. The van der Waals surface area contributed by atoms with Crippen LogP contribution < -0.4 is 10.2 Å². The molecule has 0 saturated carbocycles. The first-order chi connectivity index (χ1) is 11.5. The molecule has 0 unspecified atom stereocenters. The van der Waals surface area contributed by atoms with E-state index in [-0.39, 0.29) is 24.9 Å². The average molecular weight is 388 g/mol. The third-order valence-electron chi connectivity index (χ3n) is 3.87. The van der Waals surface area contributed by atoms with Gasteiger partial charge in [0.05, 0.1) is 17.9 Å². The van der Waals surface area contributed by atoms with Crippen LogP contribution in [-0.2, 0) is 16.1 Å². The molecule has 1 heterocycles. The van der Waals surface area contributed by atoms with Crippen molar-refractivity contribution in [3.63, 3.8) is 0 Å². The van der Waals surface area contributed by atoms with E-state index in [9.17, 15) is 9.59 Å². The Morgan fingerprint density at radius 1 is 1.21 bits per heavy atom. The minimum atomic E-state index is -0.171. The summed E-state index contributed by atoms with van der Waals surface area (Å²) in [5.74, 6) is -0.262. The lowest BCUT2D eigenvalue weighted by Gasteiger charge is -2.30. The Bertz CT molecular complexity index is 778. The zero-order chi connectivity index (χ0) is 17.1. The second-order valence-electron chi connectivity index (χ2n) is 5.81. The van der Waals surface area contributed by atoms with Crippen LogP contribution >= 0.6 is 15.9 Å². The van der Waals surface area contributed by atoms with Crippen molar-refractivity contribution in [2.75, 3.05) is 30.4 Å². The van der Waals surface area contributed by atoms with Gasteiger partial charge in [-0.05, 0) is 30.8 Å². The number of hydrogen-bond donors (Lipinski definition) is 1. The largest absolute Gasteiger partial charge is 0.323 e. The molecule has 0 bridgehead atoms. The van der Waals surface area contributed by atoms with Crippen LogP contribution in [0.25, 0.3) is 0 Å². The summed E-state index contributed by atoms with van der Waals surface area (Å²) in [6.07, 6.45) is 0. The molecule has 0 radical (unpaired) electrons. The van der Waals surface area contributed by atoms with Crippen molar-refractivity contribution in [1.29, 1.82) is 0 Å². The van der Waals surface area contributed by atoms with E-state index in [1.807, 2.05) is 54.4 Å². The summed E-state index contributed by atoms with van der Waals surface area (Å²) < 4.78 is 1.02. The predicted molar refractivity (Wildman–Crippen MR) is 97.9 cm³/mol. The second-order valence-corrected chi connectivity index (χ2v) is 6.66.